The average Bonchev–Trinajstić information content (AvgIpc) is 2.81. The quantitative estimate of drug-likeness (QED) is 0.868. The van der Waals surface area contributed by atoms with Crippen molar-refractivity contribution < 1.29 is 22.7 Å². The lowest BCUT2D eigenvalue weighted by molar-refractivity contribution is 0.0661. The van der Waals surface area contributed by atoms with Crippen molar-refractivity contribution in [2.24, 2.45) is 5.92 Å². The zero-order chi connectivity index (χ0) is 14.8. The second-order valence-corrected chi connectivity index (χ2v) is 6.93. The monoisotopic (exact) mass is 301 g/mol. The van der Waals surface area contributed by atoms with E-state index in [1.54, 1.807) is 0 Å². The summed E-state index contributed by atoms with van der Waals surface area (Å²) in [6, 6.07) is 1.06. The first-order valence-electron chi connectivity index (χ1n) is 6.73. The van der Waals surface area contributed by atoms with Crippen molar-refractivity contribution in [2.45, 2.75) is 43.9 Å². The van der Waals surface area contributed by atoms with Crippen molar-refractivity contribution in [2.75, 3.05) is 6.54 Å². The lowest BCUT2D eigenvalue weighted by Crippen LogP contribution is -2.30. The second kappa shape index (κ2) is 5.97. The molecule has 0 aliphatic heterocycles. The molecule has 0 radical (unpaired) electrons. The van der Waals surface area contributed by atoms with Gasteiger partial charge in [0.1, 0.15) is 10.7 Å². The number of hydrogen-bond donors (Lipinski definition) is 2. The average molecular weight is 301 g/mol. The summed E-state index contributed by atoms with van der Waals surface area (Å²) in [5.41, 5.74) is 0. The van der Waals surface area contributed by atoms with Gasteiger partial charge in [-0.3, -0.25) is 0 Å². The van der Waals surface area contributed by atoms with Crippen molar-refractivity contribution in [1.82, 2.24) is 4.72 Å². The molecule has 20 heavy (non-hydrogen) atoms. The standard InChI is InChI=1S/C13H19NO5S/c1-9-12(7-11(19-9)13(15)16)20(17,18)14-8-10-5-3-2-4-6-10/h7,10,14H,2-6,8H2,1H3,(H,15,16). The Hall–Kier alpha value is -1.34. The number of carboxylic acid groups (broad SMARTS) is 1. The minimum absolute atomic E-state index is 0.0919. The highest BCUT2D eigenvalue weighted by Crippen LogP contribution is 2.24. The molecular weight excluding hydrogens is 282 g/mol. The minimum Gasteiger partial charge on any atom is -0.475 e. The van der Waals surface area contributed by atoms with Crippen LogP contribution in [0.3, 0.4) is 0 Å². The van der Waals surface area contributed by atoms with Gasteiger partial charge >= 0.3 is 5.97 Å². The Kier molecular flexibility index (Phi) is 4.49. The molecule has 1 aliphatic carbocycles. The van der Waals surface area contributed by atoms with E-state index in [1.165, 1.54) is 13.3 Å². The molecule has 1 heterocycles. The first kappa shape index (κ1) is 15.1. The van der Waals surface area contributed by atoms with Crippen LogP contribution >= 0.6 is 0 Å². The number of aryl methyl sites for hydroxylation is 1. The van der Waals surface area contributed by atoms with E-state index in [2.05, 4.69) is 4.72 Å². The first-order chi connectivity index (χ1) is 9.40. The van der Waals surface area contributed by atoms with E-state index in [1.807, 2.05) is 0 Å². The van der Waals surface area contributed by atoms with Gasteiger partial charge in [-0.2, -0.15) is 0 Å². The van der Waals surface area contributed by atoms with Crippen LogP contribution in [0.4, 0.5) is 0 Å². The first-order valence-corrected chi connectivity index (χ1v) is 8.22. The second-order valence-electron chi connectivity index (χ2n) is 5.19. The highest BCUT2D eigenvalue weighted by molar-refractivity contribution is 7.89. The molecule has 0 saturated heterocycles. The normalized spacial score (nSPS) is 17.2. The molecule has 1 saturated carbocycles. The van der Waals surface area contributed by atoms with E-state index in [-0.39, 0.29) is 16.4 Å². The summed E-state index contributed by atoms with van der Waals surface area (Å²) in [7, 11) is -3.71. The van der Waals surface area contributed by atoms with Crippen LogP contribution < -0.4 is 4.72 Å². The summed E-state index contributed by atoms with van der Waals surface area (Å²) in [5, 5.41) is 8.81. The number of furan rings is 1. The highest BCUT2D eigenvalue weighted by Gasteiger charge is 2.25. The number of aromatic carboxylic acids is 1. The third-order valence-corrected chi connectivity index (χ3v) is 5.19. The van der Waals surface area contributed by atoms with Crippen molar-refractivity contribution in [1.29, 1.82) is 0 Å². The fraction of sp³-hybridized carbons (Fsp3) is 0.615. The molecule has 112 valence electrons. The van der Waals surface area contributed by atoms with Crippen LogP contribution in [0.25, 0.3) is 0 Å². The van der Waals surface area contributed by atoms with Crippen molar-refractivity contribution in [3.8, 4) is 0 Å². The SMILES string of the molecule is Cc1oc(C(=O)O)cc1S(=O)(=O)NCC1CCCCC1. The zero-order valence-corrected chi connectivity index (χ0v) is 12.2. The number of carboxylic acids is 1. The maximum Gasteiger partial charge on any atom is 0.371 e. The number of carbonyl (C=O) groups is 1. The molecule has 1 aromatic heterocycles. The molecule has 0 unspecified atom stereocenters. The Morgan fingerprint density at radius 3 is 2.60 bits per heavy atom. The molecule has 1 aliphatic rings. The van der Waals surface area contributed by atoms with Crippen molar-refractivity contribution >= 4 is 16.0 Å². The molecule has 7 heteroatoms. The summed E-state index contributed by atoms with van der Waals surface area (Å²) in [5.74, 6) is -1.18. The van der Waals surface area contributed by atoms with E-state index >= 15 is 0 Å². The van der Waals surface area contributed by atoms with Crippen LogP contribution in [0.15, 0.2) is 15.4 Å². The van der Waals surface area contributed by atoms with Gasteiger partial charge in [-0.25, -0.2) is 17.9 Å². The lowest BCUT2D eigenvalue weighted by atomic mass is 9.90. The summed E-state index contributed by atoms with van der Waals surface area (Å²) in [6.45, 7) is 1.84. The molecule has 1 fully saturated rings. The maximum absolute atomic E-state index is 12.2. The van der Waals surface area contributed by atoms with Gasteiger partial charge in [-0.15, -0.1) is 0 Å². The van der Waals surface area contributed by atoms with E-state index in [0.29, 0.717) is 12.5 Å². The molecule has 0 spiro atoms. The third kappa shape index (κ3) is 3.40. The summed E-state index contributed by atoms with van der Waals surface area (Å²) in [6.07, 6.45) is 5.56. The Labute approximate surface area is 118 Å². The number of rotatable bonds is 5. The Morgan fingerprint density at radius 1 is 1.40 bits per heavy atom. The van der Waals surface area contributed by atoms with Crippen molar-refractivity contribution in [3.63, 3.8) is 0 Å². The highest BCUT2D eigenvalue weighted by atomic mass is 32.2. The van der Waals surface area contributed by atoms with Gasteiger partial charge in [0.15, 0.2) is 0 Å². The fourth-order valence-electron chi connectivity index (χ4n) is 2.53. The van der Waals surface area contributed by atoms with Crippen LogP contribution in [-0.4, -0.2) is 26.0 Å². The van der Waals surface area contributed by atoms with Gasteiger partial charge in [0.2, 0.25) is 15.8 Å². The minimum atomic E-state index is -3.71. The van der Waals surface area contributed by atoms with Crippen molar-refractivity contribution in [3.05, 3.63) is 17.6 Å². The molecule has 0 aromatic carbocycles. The molecule has 0 bridgehead atoms. The summed E-state index contributed by atoms with van der Waals surface area (Å²) >= 11 is 0. The maximum atomic E-state index is 12.2. The Morgan fingerprint density at radius 2 is 2.05 bits per heavy atom. The summed E-state index contributed by atoms with van der Waals surface area (Å²) in [4.78, 5) is 10.7. The Bertz CT molecular complexity index is 584. The molecule has 0 amide bonds. The number of nitrogens with one attached hydrogen (secondary N) is 1. The van der Waals surface area contributed by atoms with Gasteiger partial charge in [-0.05, 0) is 25.7 Å². The molecule has 1 aromatic rings. The molecule has 0 atom stereocenters. The van der Waals surface area contributed by atoms with Gasteiger partial charge in [-0.1, -0.05) is 19.3 Å². The molecular formula is C13H19NO5S. The molecule has 2 rings (SSSR count). The molecule has 6 nitrogen and oxygen atoms in total. The number of sulfonamides is 1. The van der Waals surface area contributed by atoms with Crippen LogP contribution in [0.2, 0.25) is 0 Å². The largest absolute Gasteiger partial charge is 0.475 e. The van der Waals surface area contributed by atoms with Gasteiger partial charge in [0.05, 0.1) is 0 Å². The zero-order valence-electron chi connectivity index (χ0n) is 11.4. The Balaban J connectivity index is 2.07. The van der Waals surface area contributed by atoms with Gasteiger partial charge < -0.3 is 9.52 Å². The smallest absolute Gasteiger partial charge is 0.371 e. The number of hydrogen-bond acceptors (Lipinski definition) is 4. The predicted octanol–water partition coefficient (Wildman–Crippen LogP) is 2.14. The van der Waals surface area contributed by atoms with E-state index in [4.69, 9.17) is 9.52 Å². The summed E-state index contributed by atoms with van der Waals surface area (Å²) < 4.78 is 31.8. The third-order valence-electron chi connectivity index (χ3n) is 3.66. The predicted molar refractivity (Wildman–Crippen MR) is 72.2 cm³/mol. The van der Waals surface area contributed by atoms with E-state index in [0.717, 1.165) is 31.7 Å². The lowest BCUT2D eigenvalue weighted by Gasteiger charge is -2.21. The fourth-order valence-corrected chi connectivity index (χ4v) is 3.83. The van der Waals surface area contributed by atoms with Crippen LogP contribution in [0, 0.1) is 12.8 Å². The van der Waals surface area contributed by atoms with Crippen LogP contribution in [0.5, 0.6) is 0 Å². The van der Waals surface area contributed by atoms with Crippen LogP contribution in [0.1, 0.15) is 48.4 Å². The van der Waals surface area contributed by atoms with E-state index < -0.39 is 16.0 Å². The van der Waals surface area contributed by atoms with Crippen LogP contribution in [-0.2, 0) is 10.0 Å². The topological polar surface area (TPSA) is 96.6 Å². The van der Waals surface area contributed by atoms with Gasteiger partial charge in [0, 0.05) is 12.6 Å². The molecule has 2 N–H and O–H groups in total. The van der Waals surface area contributed by atoms with Gasteiger partial charge in [0.25, 0.3) is 0 Å². The van der Waals surface area contributed by atoms with E-state index in [9.17, 15) is 13.2 Å².